The van der Waals surface area contributed by atoms with Crippen molar-refractivity contribution in [3.63, 3.8) is 0 Å². The predicted octanol–water partition coefficient (Wildman–Crippen LogP) is 1.42. The topological polar surface area (TPSA) is 24.1 Å². The molecular formula is C14H16N2Te. The molecule has 3 heteroatoms. The van der Waals surface area contributed by atoms with E-state index in [1.165, 1.54) is 18.6 Å². The van der Waals surface area contributed by atoms with E-state index in [9.17, 15) is 0 Å². The van der Waals surface area contributed by atoms with Crippen molar-refractivity contribution >= 4 is 39.5 Å². The van der Waals surface area contributed by atoms with Gasteiger partial charge < -0.3 is 0 Å². The van der Waals surface area contributed by atoms with Crippen LogP contribution in [-0.4, -0.2) is 35.0 Å². The first-order chi connectivity index (χ1) is 8.31. The molecule has 0 saturated carbocycles. The van der Waals surface area contributed by atoms with Gasteiger partial charge in [0.1, 0.15) is 0 Å². The van der Waals surface area contributed by atoms with Crippen molar-refractivity contribution < 1.29 is 0 Å². The van der Waals surface area contributed by atoms with E-state index >= 15 is 0 Å². The van der Waals surface area contributed by atoms with E-state index in [1.807, 2.05) is 14.1 Å². The van der Waals surface area contributed by atoms with Crippen molar-refractivity contribution in [1.82, 2.24) is 0 Å². The molecule has 2 nitrogen and oxygen atoms in total. The Morgan fingerprint density at radius 1 is 0.765 bits per heavy atom. The Bertz CT molecular complexity index is 480. The van der Waals surface area contributed by atoms with Crippen molar-refractivity contribution in [1.29, 1.82) is 0 Å². The molecule has 0 heterocycles. The molecule has 0 aliphatic carbocycles. The van der Waals surface area contributed by atoms with Gasteiger partial charge in [-0.2, -0.15) is 0 Å². The summed E-state index contributed by atoms with van der Waals surface area (Å²) in [7, 11) is 3.91. The van der Waals surface area contributed by atoms with Gasteiger partial charge in [0.15, 0.2) is 0 Å². The number of hydrogen-bond acceptors (Lipinski definition) is 2. The summed E-state index contributed by atoms with van der Waals surface area (Å²) in [6.07, 6.45) is 0. The van der Waals surface area contributed by atoms with Crippen LogP contribution in [0.25, 0.3) is 0 Å². The van der Waals surface area contributed by atoms with E-state index in [4.69, 9.17) is 0 Å². The Labute approximate surface area is 113 Å². The molecule has 2 rings (SSSR count). The zero-order valence-electron chi connectivity index (χ0n) is 10.0. The minimum atomic E-state index is -0.271. The first-order valence-corrected chi connectivity index (χ1v) is 7.88. The van der Waals surface area contributed by atoms with Gasteiger partial charge in [-0.1, -0.05) is 0 Å². The zero-order chi connectivity index (χ0) is 12.1. The molecule has 0 atom stereocenters. The van der Waals surface area contributed by atoms with Crippen LogP contribution in [0.3, 0.4) is 0 Å². The average molecular weight is 340 g/mol. The van der Waals surface area contributed by atoms with Gasteiger partial charge in [-0.25, -0.2) is 0 Å². The van der Waals surface area contributed by atoms with Crippen LogP contribution in [0.1, 0.15) is 0 Å². The molecule has 0 amide bonds. The second-order valence-electron chi connectivity index (χ2n) is 3.65. The SMILES string of the molecule is CNc1ccc([Te]c2cccc(NC)c2)cc1. The third-order valence-electron chi connectivity index (χ3n) is 2.50. The van der Waals surface area contributed by atoms with Crippen molar-refractivity contribution in [2.75, 3.05) is 24.7 Å². The van der Waals surface area contributed by atoms with Crippen LogP contribution in [-0.2, 0) is 0 Å². The standard InChI is InChI=1S/C14H16N2Te/c1-15-11-6-8-13(9-7-11)17-14-5-3-4-12(10-14)16-2/h3-10,15-16H,1-2H3. The molecule has 0 aliphatic heterocycles. The Morgan fingerprint density at radius 3 is 2.12 bits per heavy atom. The fourth-order valence-corrected chi connectivity index (χ4v) is 4.04. The van der Waals surface area contributed by atoms with Crippen LogP contribution in [0.2, 0.25) is 0 Å². The third-order valence-corrected chi connectivity index (χ3v) is 5.35. The monoisotopic (exact) mass is 342 g/mol. The fourth-order valence-electron chi connectivity index (χ4n) is 1.54. The van der Waals surface area contributed by atoms with Crippen molar-refractivity contribution in [3.05, 3.63) is 48.5 Å². The molecule has 17 heavy (non-hydrogen) atoms. The van der Waals surface area contributed by atoms with Gasteiger partial charge in [-0.15, -0.1) is 0 Å². The summed E-state index contributed by atoms with van der Waals surface area (Å²) in [6, 6.07) is 17.4. The average Bonchev–Trinajstić information content (AvgIpc) is 2.40. The van der Waals surface area contributed by atoms with E-state index in [1.54, 1.807) is 0 Å². The normalized spacial score (nSPS) is 10.0. The summed E-state index contributed by atoms with van der Waals surface area (Å²) < 4.78 is 2.92. The number of rotatable bonds is 4. The molecule has 2 aromatic rings. The maximum absolute atomic E-state index is 3.18. The van der Waals surface area contributed by atoms with Gasteiger partial charge >= 0.3 is 113 Å². The second kappa shape index (κ2) is 5.95. The number of nitrogens with one attached hydrogen (secondary N) is 2. The van der Waals surface area contributed by atoms with Crippen molar-refractivity contribution in [3.8, 4) is 0 Å². The molecule has 0 aromatic heterocycles. The molecule has 88 valence electrons. The quantitative estimate of drug-likeness (QED) is 0.823. The predicted molar refractivity (Wildman–Crippen MR) is 77.0 cm³/mol. The van der Waals surface area contributed by atoms with Crippen LogP contribution in [0.5, 0.6) is 0 Å². The van der Waals surface area contributed by atoms with E-state index in [-0.39, 0.29) is 20.9 Å². The van der Waals surface area contributed by atoms with Crippen LogP contribution < -0.4 is 17.9 Å². The molecule has 0 fully saturated rings. The van der Waals surface area contributed by atoms with Crippen LogP contribution in [0.15, 0.2) is 48.5 Å². The van der Waals surface area contributed by atoms with Crippen LogP contribution in [0, 0.1) is 0 Å². The van der Waals surface area contributed by atoms with Gasteiger partial charge in [-0.05, 0) is 0 Å². The van der Waals surface area contributed by atoms with Gasteiger partial charge in [0.05, 0.1) is 0 Å². The first kappa shape index (κ1) is 12.3. The molecule has 0 spiro atoms. The van der Waals surface area contributed by atoms with E-state index in [0.717, 1.165) is 0 Å². The number of hydrogen-bond donors (Lipinski definition) is 2. The van der Waals surface area contributed by atoms with Gasteiger partial charge in [0, 0.05) is 0 Å². The third kappa shape index (κ3) is 3.39. The summed E-state index contributed by atoms with van der Waals surface area (Å²) in [4.78, 5) is 0. The summed E-state index contributed by atoms with van der Waals surface area (Å²) in [6.45, 7) is 0. The summed E-state index contributed by atoms with van der Waals surface area (Å²) in [5.74, 6) is 0. The fraction of sp³-hybridized carbons (Fsp3) is 0.143. The zero-order valence-corrected chi connectivity index (χ0v) is 12.4. The number of anilines is 2. The molecule has 0 aliphatic rings. The van der Waals surface area contributed by atoms with Gasteiger partial charge in [0.2, 0.25) is 0 Å². The Hall–Kier alpha value is -1.17. The maximum atomic E-state index is 3.18. The Morgan fingerprint density at radius 2 is 1.47 bits per heavy atom. The Balaban J connectivity index is 2.13. The summed E-state index contributed by atoms with van der Waals surface area (Å²) in [5.41, 5.74) is 2.37. The minimum absolute atomic E-state index is 0.271. The van der Waals surface area contributed by atoms with Crippen LogP contribution in [0.4, 0.5) is 11.4 Å². The molecule has 0 saturated heterocycles. The molecular weight excluding hydrogens is 324 g/mol. The van der Waals surface area contributed by atoms with Crippen molar-refractivity contribution in [2.45, 2.75) is 0 Å². The first-order valence-electron chi connectivity index (χ1n) is 5.55. The molecule has 0 bridgehead atoms. The van der Waals surface area contributed by atoms with Crippen molar-refractivity contribution in [2.24, 2.45) is 0 Å². The molecule has 0 radical (unpaired) electrons. The summed E-state index contributed by atoms with van der Waals surface area (Å²) >= 11 is -0.271. The van der Waals surface area contributed by atoms with E-state index in [0.29, 0.717) is 0 Å². The second-order valence-corrected chi connectivity index (χ2v) is 6.93. The molecule has 0 unspecified atom stereocenters. The van der Waals surface area contributed by atoms with Gasteiger partial charge in [-0.3, -0.25) is 0 Å². The molecule has 2 aromatic carbocycles. The Kier molecular flexibility index (Phi) is 4.30. The van der Waals surface area contributed by atoms with E-state index < -0.39 is 0 Å². The van der Waals surface area contributed by atoms with Crippen LogP contribution >= 0.6 is 0 Å². The molecule has 2 N–H and O–H groups in total. The van der Waals surface area contributed by atoms with E-state index in [2.05, 4.69) is 59.2 Å². The summed E-state index contributed by atoms with van der Waals surface area (Å²) in [5, 5.41) is 6.32. The number of benzene rings is 2. The van der Waals surface area contributed by atoms with Gasteiger partial charge in [0.25, 0.3) is 0 Å².